The number of hydrogen-bond acceptors (Lipinski definition) is 5. The fourth-order valence-corrected chi connectivity index (χ4v) is 3.72. The molecule has 1 aromatic heterocycles. The Morgan fingerprint density at radius 2 is 1.93 bits per heavy atom. The van der Waals surface area contributed by atoms with E-state index in [1.54, 1.807) is 14.2 Å². The molecule has 28 heavy (non-hydrogen) atoms. The summed E-state index contributed by atoms with van der Waals surface area (Å²) in [4.78, 5) is 18.5. The summed E-state index contributed by atoms with van der Waals surface area (Å²) in [6.45, 7) is 4.94. The second-order valence-corrected chi connectivity index (χ2v) is 6.96. The van der Waals surface area contributed by atoms with Crippen LogP contribution in [0.15, 0.2) is 36.4 Å². The summed E-state index contributed by atoms with van der Waals surface area (Å²) in [7, 11) is 3.30. The van der Waals surface area contributed by atoms with E-state index in [-0.39, 0.29) is 5.91 Å². The molecule has 1 N–H and O–H groups in total. The molecule has 2 heterocycles. The number of carbonyl (C=O) groups excluding carboxylic acids is 1. The molecule has 1 aliphatic heterocycles. The zero-order chi connectivity index (χ0) is 19.7. The Bertz CT molecular complexity index is 1030. The molecule has 0 fully saturated rings. The fourth-order valence-electron chi connectivity index (χ4n) is 3.72. The maximum atomic E-state index is 11.3. The molecule has 1 aliphatic rings. The van der Waals surface area contributed by atoms with E-state index in [1.807, 2.05) is 30.3 Å². The summed E-state index contributed by atoms with van der Waals surface area (Å²) in [5.41, 5.74) is 3.97. The quantitative estimate of drug-likeness (QED) is 0.737. The van der Waals surface area contributed by atoms with Crippen molar-refractivity contribution < 1.29 is 14.3 Å². The van der Waals surface area contributed by atoms with Gasteiger partial charge in [0.1, 0.15) is 5.82 Å². The molecule has 0 spiro atoms. The smallest absolute Gasteiger partial charge is 0.221 e. The zero-order valence-electron chi connectivity index (χ0n) is 16.4. The highest BCUT2D eigenvalue weighted by Crippen LogP contribution is 2.29. The van der Waals surface area contributed by atoms with Crippen LogP contribution in [-0.4, -0.2) is 41.1 Å². The number of benzene rings is 2. The Kier molecular flexibility index (Phi) is 4.92. The molecule has 146 valence electrons. The van der Waals surface area contributed by atoms with Crippen molar-refractivity contribution in [2.45, 2.75) is 26.6 Å². The predicted molar refractivity (Wildman–Crippen MR) is 108 cm³/mol. The molecule has 0 saturated carbocycles. The molecular formula is C21H24N4O3. The number of hydrogen-bond donors (Lipinski definition) is 1. The first-order valence-electron chi connectivity index (χ1n) is 9.27. The van der Waals surface area contributed by atoms with Gasteiger partial charge in [0.25, 0.3) is 0 Å². The van der Waals surface area contributed by atoms with E-state index >= 15 is 0 Å². The van der Waals surface area contributed by atoms with Gasteiger partial charge in [-0.25, -0.2) is 4.98 Å². The number of anilines is 1. The van der Waals surface area contributed by atoms with Crippen molar-refractivity contribution >= 4 is 22.6 Å². The molecule has 3 aromatic rings. The molecule has 7 heteroatoms. The minimum atomic E-state index is -0.0792. The van der Waals surface area contributed by atoms with Crippen LogP contribution >= 0.6 is 0 Å². The van der Waals surface area contributed by atoms with Gasteiger partial charge in [-0.15, -0.1) is 0 Å². The molecule has 7 nitrogen and oxygen atoms in total. The van der Waals surface area contributed by atoms with E-state index < -0.39 is 0 Å². The summed E-state index contributed by atoms with van der Waals surface area (Å²) in [5.74, 6) is 2.45. The number of rotatable bonds is 5. The third-order valence-corrected chi connectivity index (χ3v) is 5.01. The highest BCUT2D eigenvalue weighted by Gasteiger charge is 2.21. The highest BCUT2D eigenvalue weighted by molar-refractivity contribution is 5.91. The van der Waals surface area contributed by atoms with Crippen molar-refractivity contribution in [3.05, 3.63) is 47.8 Å². The van der Waals surface area contributed by atoms with Crippen molar-refractivity contribution in [1.29, 1.82) is 0 Å². The summed E-state index contributed by atoms with van der Waals surface area (Å²) in [6.07, 6.45) is 0. The van der Waals surface area contributed by atoms with Gasteiger partial charge >= 0.3 is 0 Å². The van der Waals surface area contributed by atoms with Crippen LogP contribution in [0.25, 0.3) is 11.0 Å². The Morgan fingerprint density at radius 1 is 1.11 bits per heavy atom. The molecule has 0 unspecified atom stereocenters. The van der Waals surface area contributed by atoms with Crippen LogP contribution in [0.2, 0.25) is 0 Å². The minimum Gasteiger partial charge on any atom is -0.493 e. The lowest BCUT2D eigenvalue weighted by Crippen LogP contribution is -2.33. The molecule has 0 saturated heterocycles. The number of fused-ring (bicyclic) bond motifs is 3. The molecule has 0 radical (unpaired) electrons. The van der Waals surface area contributed by atoms with Gasteiger partial charge in [-0.2, -0.15) is 0 Å². The Hall–Kier alpha value is -3.06. The second kappa shape index (κ2) is 7.52. The van der Waals surface area contributed by atoms with Crippen LogP contribution in [0.1, 0.15) is 18.3 Å². The third kappa shape index (κ3) is 3.53. The summed E-state index contributed by atoms with van der Waals surface area (Å²) < 4.78 is 13.0. The van der Waals surface area contributed by atoms with Crippen molar-refractivity contribution in [2.75, 3.05) is 26.1 Å². The first kappa shape index (κ1) is 18.3. The van der Waals surface area contributed by atoms with Crippen LogP contribution < -0.4 is 14.8 Å². The van der Waals surface area contributed by atoms with Crippen LogP contribution in [0, 0.1) is 0 Å². The summed E-state index contributed by atoms with van der Waals surface area (Å²) in [5, 5.41) is 2.82. The Balaban J connectivity index is 1.53. The number of amides is 1. The third-order valence-electron chi connectivity index (χ3n) is 5.01. The SMILES string of the molecule is COc1ccc(CN2CCn3c(nc4cc(NC(C)=O)ccc43)C2)cc1OC. The number of carbonyl (C=O) groups is 1. The van der Waals surface area contributed by atoms with Gasteiger partial charge in [-0.3, -0.25) is 9.69 Å². The van der Waals surface area contributed by atoms with Crippen LogP contribution in [0.3, 0.4) is 0 Å². The fraction of sp³-hybridized carbons (Fsp3) is 0.333. The second-order valence-electron chi connectivity index (χ2n) is 6.96. The number of methoxy groups -OCH3 is 2. The minimum absolute atomic E-state index is 0.0792. The van der Waals surface area contributed by atoms with Crippen molar-refractivity contribution in [2.24, 2.45) is 0 Å². The molecule has 2 aromatic carbocycles. The van der Waals surface area contributed by atoms with E-state index in [1.165, 1.54) is 12.5 Å². The average molecular weight is 380 g/mol. The van der Waals surface area contributed by atoms with Crippen molar-refractivity contribution in [1.82, 2.24) is 14.5 Å². The lowest BCUT2D eigenvalue weighted by Gasteiger charge is -2.28. The molecule has 4 rings (SSSR count). The van der Waals surface area contributed by atoms with Gasteiger partial charge in [0.2, 0.25) is 5.91 Å². The molecular weight excluding hydrogens is 356 g/mol. The largest absolute Gasteiger partial charge is 0.493 e. The van der Waals surface area contributed by atoms with E-state index in [4.69, 9.17) is 14.5 Å². The molecule has 1 amide bonds. The highest BCUT2D eigenvalue weighted by atomic mass is 16.5. The number of ether oxygens (including phenoxy) is 2. The van der Waals surface area contributed by atoms with Gasteiger partial charge in [0, 0.05) is 32.2 Å². The normalized spacial score (nSPS) is 14.0. The van der Waals surface area contributed by atoms with Gasteiger partial charge < -0.3 is 19.4 Å². The topological polar surface area (TPSA) is 68.6 Å². The zero-order valence-corrected chi connectivity index (χ0v) is 16.4. The number of imidazole rings is 1. The first-order chi connectivity index (χ1) is 13.6. The van der Waals surface area contributed by atoms with E-state index in [0.717, 1.165) is 60.2 Å². The molecule has 0 atom stereocenters. The number of aromatic nitrogens is 2. The predicted octanol–water partition coefficient (Wildman–Crippen LogP) is 3.03. The molecule has 0 aliphatic carbocycles. The Morgan fingerprint density at radius 3 is 2.68 bits per heavy atom. The number of nitrogens with zero attached hydrogens (tertiary/aromatic N) is 3. The maximum Gasteiger partial charge on any atom is 0.221 e. The van der Waals surface area contributed by atoms with Gasteiger partial charge in [-0.05, 0) is 35.9 Å². The maximum absolute atomic E-state index is 11.3. The van der Waals surface area contributed by atoms with Gasteiger partial charge in [0.15, 0.2) is 11.5 Å². The Labute approximate surface area is 163 Å². The lowest BCUT2D eigenvalue weighted by molar-refractivity contribution is -0.114. The molecule has 0 bridgehead atoms. The average Bonchev–Trinajstić information content (AvgIpc) is 3.04. The van der Waals surface area contributed by atoms with E-state index in [0.29, 0.717) is 0 Å². The van der Waals surface area contributed by atoms with E-state index in [2.05, 4.69) is 20.9 Å². The number of nitrogens with one attached hydrogen (secondary N) is 1. The van der Waals surface area contributed by atoms with Gasteiger partial charge in [0.05, 0.1) is 31.8 Å². The summed E-state index contributed by atoms with van der Waals surface area (Å²) >= 11 is 0. The lowest BCUT2D eigenvalue weighted by atomic mass is 10.1. The standard InChI is InChI=1S/C21H24N4O3/c1-14(26)22-16-5-6-18-17(11-16)23-21-13-24(8-9-25(18)21)12-15-4-7-19(27-2)20(10-15)28-3/h4-7,10-11H,8-9,12-13H2,1-3H3,(H,22,26). The van der Waals surface area contributed by atoms with Crippen LogP contribution in [0.4, 0.5) is 5.69 Å². The van der Waals surface area contributed by atoms with Crippen molar-refractivity contribution in [3.8, 4) is 11.5 Å². The van der Waals surface area contributed by atoms with E-state index in [9.17, 15) is 4.79 Å². The monoisotopic (exact) mass is 380 g/mol. The van der Waals surface area contributed by atoms with Gasteiger partial charge in [-0.1, -0.05) is 6.07 Å². The summed E-state index contributed by atoms with van der Waals surface area (Å²) in [6, 6.07) is 11.9. The van der Waals surface area contributed by atoms with Crippen LogP contribution in [0.5, 0.6) is 11.5 Å². The van der Waals surface area contributed by atoms with Crippen LogP contribution in [-0.2, 0) is 24.4 Å². The first-order valence-corrected chi connectivity index (χ1v) is 9.27. The van der Waals surface area contributed by atoms with Crippen molar-refractivity contribution in [3.63, 3.8) is 0 Å².